The van der Waals surface area contributed by atoms with E-state index in [4.69, 9.17) is 10.5 Å². The number of hydrogen-bond acceptors (Lipinski definition) is 5. The number of hydrogen-bond donors (Lipinski definition) is 2. The summed E-state index contributed by atoms with van der Waals surface area (Å²) >= 11 is 0. The van der Waals surface area contributed by atoms with Gasteiger partial charge < -0.3 is 15.8 Å². The molecular weight excluding hydrogens is 435 g/mol. The summed E-state index contributed by atoms with van der Waals surface area (Å²) < 4.78 is 20.2. The van der Waals surface area contributed by atoms with Crippen molar-refractivity contribution in [1.29, 1.82) is 0 Å². The molecule has 7 nitrogen and oxygen atoms in total. The van der Waals surface area contributed by atoms with Gasteiger partial charge in [-0.15, -0.1) is 0 Å². The number of pyridine rings is 2. The van der Waals surface area contributed by atoms with Gasteiger partial charge in [-0.05, 0) is 79.6 Å². The minimum atomic E-state index is -0.616. The van der Waals surface area contributed by atoms with Crippen LogP contribution in [-0.2, 0) is 0 Å². The Morgan fingerprint density at radius 1 is 1.12 bits per heavy atom. The first-order chi connectivity index (χ1) is 16.4. The fraction of sp³-hybridized carbons (Fsp3) is 0.115. The number of nitrogens with two attached hydrogens (primary N) is 1. The van der Waals surface area contributed by atoms with Crippen LogP contribution in [-0.4, -0.2) is 22.1 Å². The molecule has 0 saturated carbocycles. The van der Waals surface area contributed by atoms with Gasteiger partial charge >= 0.3 is 0 Å². The van der Waals surface area contributed by atoms with Crippen LogP contribution in [0.1, 0.15) is 22.8 Å². The number of nitrogens with one attached hydrogen (secondary N) is 1. The van der Waals surface area contributed by atoms with Crippen molar-refractivity contribution in [2.45, 2.75) is 13.8 Å². The number of nitrogens with zero attached hydrogens (tertiary/aromatic N) is 2. The largest absolute Gasteiger partial charge is 0.493 e. The van der Waals surface area contributed by atoms with Crippen LogP contribution in [0.3, 0.4) is 0 Å². The molecular formula is C26H23FN4O3. The molecule has 0 saturated heterocycles. The van der Waals surface area contributed by atoms with E-state index < -0.39 is 17.3 Å². The first kappa shape index (κ1) is 22.7. The van der Waals surface area contributed by atoms with Gasteiger partial charge in [-0.25, -0.2) is 9.37 Å². The van der Waals surface area contributed by atoms with E-state index in [0.29, 0.717) is 17.2 Å². The quantitative estimate of drug-likeness (QED) is 0.441. The van der Waals surface area contributed by atoms with Crippen LogP contribution in [0.15, 0.2) is 77.9 Å². The molecule has 0 radical (unpaired) electrons. The predicted molar refractivity (Wildman–Crippen MR) is 130 cm³/mol. The Kier molecular flexibility index (Phi) is 6.40. The molecule has 0 bridgehead atoms. The van der Waals surface area contributed by atoms with Crippen LogP contribution in [0.2, 0.25) is 0 Å². The van der Waals surface area contributed by atoms with Gasteiger partial charge in [-0.3, -0.25) is 14.2 Å². The van der Waals surface area contributed by atoms with E-state index in [1.165, 1.54) is 35.0 Å². The number of anilines is 2. The van der Waals surface area contributed by atoms with Crippen molar-refractivity contribution in [3.63, 3.8) is 0 Å². The second kappa shape index (κ2) is 9.58. The van der Waals surface area contributed by atoms with Gasteiger partial charge in [0.15, 0.2) is 0 Å². The van der Waals surface area contributed by atoms with Crippen LogP contribution in [0, 0.1) is 12.7 Å². The highest BCUT2D eigenvalue weighted by Crippen LogP contribution is 2.27. The molecule has 34 heavy (non-hydrogen) atoms. The molecule has 0 aliphatic rings. The van der Waals surface area contributed by atoms with Crippen molar-refractivity contribution in [2.24, 2.45) is 0 Å². The van der Waals surface area contributed by atoms with Crippen molar-refractivity contribution in [3.05, 3.63) is 100 Å². The molecule has 172 valence electrons. The third kappa shape index (κ3) is 4.66. The average Bonchev–Trinajstić information content (AvgIpc) is 2.82. The summed E-state index contributed by atoms with van der Waals surface area (Å²) in [7, 11) is 0. The zero-order valence-corrected chi connectivity index (χ0v) is 18.7. The predicted octanol–water partition coefficient (Wildman–Crippen LogP) is 4.58. The fourth-order valence-corrected chi connectivity index (χ4v) is 3.58. The molecule has 0 spiro atoms. The van der Waals surface area contributed by atoms with Crippen LogP contribution in [0.5, 0.6) is 5.75 Å². The number of carbonyl (C=O) groups excluding carboxylic acids is 1. The van der Waals surface area contributed by atoms with E-state index in [1.807, 2.05) is 25.1 Å². The first-order valence-electron chi connectivity index (χ1n) is 10.7. The maximum absolute atomic E-state index is 13.3. The highest BCUT2D eigenvalue weighted by Gasteiger charge is 2.20. The summed E-state index contributed by atoms with van der Waals surface area (Å²) in [6.45, 7) is 3.99. The summed E-state index contributed by atoms with van der Waals surface area (Å²) in [6.07, 6.45) is 3.16. The molecule has 1 amide bonds. The average molecular weight is 458 g/mol. The van der Waals surface area contributed by atoms with E-state index >= 15 is 0 Å². The van der Waals surface area contributed by atoms with Crippen LogP contribution in [0.4, 0.5) is 15.9 Å². The second-order valence-electron chi connectivity index (χ2n) is 7.60. The molecule has 0 atom stereocenters. The number of nitrogen functional groups attached to an aromatic ring is 1. The number of benzene rings is 2. The standard InChI is InChI=1S/C26H23FN4O3/c1-3-34-22-12-13-31(20-9-6-18(27)7-10-20)26(33)24(22)25(32)30-19-8-4-16(2)21(14-19)17-5-11-23(28)29-15-17/h4-15H,3H2,1-2H3,(H2,28,29)(H,30,32). The van der Waals surface area contributed by atoms with Gasteiger partial charge in [-0.2, -0.15) is 0 Å². The molecule has 2 aromatic carbocycles. The van der Waals surface area contributed by atoms with Gasteiger partial charge in [0, 0.05) is 29.3 Å². The maximum Gasteiger partial charge on any atom is 0.271 e. The van der Waals surface area contributed by atoms with Crippen molar-refractivity contribution >= 4 is 17.4 Å². The topological polar surface area (TPSA) is 99.2 Å². The normalized spacial score (nSPS) is 10.7. The third-order valence-corrected chi connectivity index (χ3v) is 5.28. The summed E-state index contributed by atoms with van der Waals surface area (Å²) in [4.78, 5) is 30.6. The van der Waals surface area contributed by atoms with Crippen LogP contribution < -0.4 is 21.3 Å². The van der Waals surface area contributed by atoms with E-state index in [0.717, 1.165) is 16.7 Å². The molecule has 0 fully saturated rings. The number of rotatable bonds is 6. The molecule has 8 heteroatoms. The maximum atomic E-state index is 13.3. The Balaban J connectivity index is 1.72. The Labute approximate surface area is 195 Å². The van der Waals surface area contributed by atoms with Gasteiger partial charge in [-0.1, -0.05) is 6.07 Å². The number of aryl methyl sites for hydroxylation is 1. The Bertz CT molecular complexity index is 1400. The molecule has 4 rings (SSSR count). The highest BCUT2D eigenvalue weighted by atomic mass is 19.1. The molecule has 0 aliphatic heterocycles. The van der Waals surface area contributed by atoms with Crippen molar-refractivity contribution in [3.8, 4) is 22.6 Å². The van der Waals surface area contributed by atoms with E-state index in [9.17, 15) is 14.0 Å². The van der Waals surface area contributed by atoms with E-state index in [-0.39, 0.29) is 17.9 Å². The number of carbonyl (C=O) groups is 1. The number of aromatic nitrogens is 2. The highest BCUT2D eigenvalue weighted by molar-refractivity contribution is 6.06. The van der Waals surface area contributed by atoms with Gasteiger partial charge in [0.05, 0.1) is 6.61 Å². The first-order valence-corrected chi connectivity index (χ1v) is 10.7. The van der Waals surface area contributed by atoms with Crippen molar-refractivity contribution in [1.82, 2.24) is 9.55 Å². The molecule has 0 unspecified atom stereocenters. The summed E-state index contributed by atoms with van der Waals surface area (Å²) in [6, 6.07) is 16.0. The molecule has 4 aromatic rings. The SMILES string of the molecule is CCOc1ccn(-c2ccc(F)cc2)c(=O)c1C(=O)Nc1ccc(C)c(-c2ccc(N)nc2)c1. The minimum Gasteiger partial charge on any atom is -0.493 e. The number of amides is 1. The third-order valence-electron chi connectivity index (χ3n) is 5.28. The zero-order chi connectivity index (χ0) is 24.2. The molecule has 3 N–H and O–H groups in total. The van der Waals surface area contributed by atoms with Gasteiger partial charge in [0.2, 0.25) is 0 Å². The Hall–Kier alpha value is -4.46. The fourth-order valence-electron chi connectivity index (χ4n) is 3.58. The second-order valence-corrected chi connectivity index (χ2v) is 7.60. The number of ether oxygens (including phenoxy) is 1. The Morgan fingerprint density at radius 2 is 1.88 bits per heavy atom. The zero-order valence-electron chi connectivity index (χ0n) is 18.7. The summed E-state index contributed by atoms with van der Waals surface area (Å²) in [5.74, 6) is -0.461. The summed E-state index contributed by atoms with van der Waals surface area (Å²) in [5, 5.41) is 2.80. The lowest BCUT2D eigenvalue weighted by Crippen LogP contribution is -2.29. The van der Waals surface area contributed by atoms with Crippen molar-refractivity contribution in [2.75, 3.05) is 17.7 Å². The van der Waals surface area contributed by atoms with E-state index in [1.54, 1.807) is 31.3 Å². The van der Waals surface area contributed by atoms with Gasteiger partial charge in [0.25, 0.3) is 11.5 Å². The molecule has 2 heterocycles. The summed E-state index contributed by atoms with van der Waals surface area (Å²) in [5.41, 5.74) is 8.59. The van der Waals surface area contributed by atoms with E-state index in [2.05, 4.69) is 10.3 Å². The number of halogens is 1. The minimum absolute atomic E-state index is 0.148. The molecule has 0 aliphatic carbocycles. The van der Waals surface area contributed by atoms with Crippen LogP contribution >= 0.6 is 0 Å². The monoisotopic (exact) mass is 458 g/mol. The lowest BCUT2D eigenvalue weighted by molar-refractivity contribution is 0.102. The van der Waals surface area contributed by atoms with Crippen LogP contribution in [0.25, 0.3) is 16.8 Å². The van der Waals surface area contributed by atoms with Crippen molar-refractivity contribution < 1.29 is 13.9 Å². The lowest BCUT2D eigenvalue weighted by Gasteiger charge is -2.14. The molecule has 2 aromatic heterocycles. The Morgan fingerprint density at radius 3 is 2.56 bits per heavy atom. The smallest absolute Gasteiger partial charge is 0.271 e. The lowest BCUT2D eigenvalue weighted by atomic mass is 10.0. The van der Waals surface area contributed by atoms with Gasteiger partial charge in [0.1, 0.15) is 22.9 Å².